The Morgan fingerprint density at radius 3 is 2.89 bits per heavy atom. The maximum absolute atomic E-state index is 12.0. The van der Waals surface area contributed by atoms with Crippen molar-refractivity contribution in [3.8, 4) is 0 Å². The standard InChI is InChI=1S/C11H11BrN4OS/c1-14-11-16-9(13)8(18-11)10(17)15-7-4-2-3-6(12)5-7/h2-5H,13H2,1H3,(H,14,16)(H,15,17). The summed E-state index contributed by atoms with van der Waals surface area (Å²) in [6.07, 6.45) is 0. The van der Waals surface area contributed by atoms with E-state index in [1.54, 1.807) is 13.1 Å². The first-order valence-electron chi connectivity index (χ1n) is 5.11. The number of nitrogens with two attached hydrogens (primary N) is 1. The Hall–Kier alpha value is -1.60. The minimum atomic E-state index is -0.260. The van der Waals surface area contributed by atoms with Crippen LogP contribution in [0.3, 0.4) is 0 Å². The SMILES string of the molecule is CNc1nc(N)c(C(=O)Nc2cccc(Br)c2)s1. The van der Waals surface area contributed by atoms with Gasteiger partial charge in [0, 0.05) is 17.2 Å². The quantitative estimate of drug-likeness (QED) is 0.810. The number of thiazole rings is 1. The molecule has 0 saturated heterocycles. The molecule has 1 amide bonds. The van der Waals surface area contributed by atoms with Crippen LogP contribution < -0.4 is 16.4 Å². The number of anilines is 3. The van der Waals surface area contributed by atoms with Crippen LogP contribution in [0.2, 0.25) is 0 Å². The van der Waals surface area contributed by atoms with Crippen molar-refractivity contribution < 1.29 is 4.79 Å². The third-order valence-electron chi connectivity index (χ3n) is 2.16. The zero-order valence-corrected chi connectivity index (χ0v) is 11.9. The fourth-order valence-corrected chi connectivity index (χ4v) is 2.49. The van der Waals surface area contributed by atoms with E-state index in [0.717, 1.165) is 4.47 Å². The number of rotatable bonds is 3. The van der Waals surface area contributed by atoms with E-state index >= 15 is 0 Å². The predicted octanol–water partition coefficient (Wildman–Crippen LogP) is 2.78. The molecule has 0 saturated carbocycles. The molecule has 0 unspecified atom stereocenters. The largest absolute Gasteiger partial charge is 0.382 e. The van der Waals surface area contributed by atoms with Gasteiger partial charge in [-0.05, 0) is 18.2 Å². The molecule has 0 spiro atoms. The van der Waals surface area contributed by atoms with Crippen LogP contribution in [0.4, 0.5) is 16.6 Å². The minimum Gasteiger partial charge on any atom is -0.382 e. The molecule has 18 heavy (non-hydrogen) atoms. The normalized spacial score (nSPS) is 10.1. The fourth-order valence-electron chi connectivity index (χ4n) is 1.36. The van der Waals surface area contributed by atoms with Gasteiger partial charge in [0.15, 0.2) is 5.13 Å². The van der Waals surface area contributed by atoms with Crippen LogP contribution in [-0.2, 0) is 0 Å². The summed E-state index contributed by atoms with van der Waals surface area (Å²) in [5.41, 5.74) is 6.39. The van der Waals surface area contributed by atoms with Gasteiger partial charge in [-0.2, -0.15) is 0 Å². The summed E-state index contributed by atoms with van der Waals surface area (Å²) in [6, 6.07) is 7.34. The topological polar surface area (TPSA) is 80.0 Å². The fraction of sp³-hybridized carbons (Fsp3) is 0.0909. The number of amides is 1. The van der Waals surface area contributed by atoms with Gasteiger partial charge in [0.1, 0.15) is 10.7 Å². The molecule has 5 nitrogen and oxygen atoms in total. The first-order chi connectivity index (χ1) is 8.60. The Bertz CT molecular complexity index is 584. The highest BCUT2D eigenvalue weighted by Crippen LogP contribution is 2.25. The van der Waals surface area contributed by atoms with Crippen molar-refractivity contribution in [1.29, 1.82) is 0 Å². The molecule has 1 heterocycles. The van der Waals surface area contributed by atoms with E-state index < -0.39 is 0 Å². The number of hydrogen-bond acceptors (Lipinski definition) is 5. The first-order valence-corrected chi connectivity index (χ1v) is 6.72. The molecule has 0 fully saturated rings. The lowest BCUT2D eigenvalue weighted by Gasteiger charge is -2.03. The highest BCUT2D eigenvalue weighted by atomic mass is 79.9. The molecule has 0 radical (unpaired) electrons. The van der Waals surface area contributed by atoms with Gasteiger partial charge in [-0.1, -0.05) is 33.3 Å². The van der Waals surface area contributed by atoms with E-state index in [4.69, 9.17) is 5.73 Å². The minimum absolute atomic E-state index is 0.233. The number of carbonyl (C=O) groups excluding carboxylic acids is 1. The number of nitrogen functional groups attached to an aromatic ring is 1. The van der Waals surface area contributed by atoms with Crippen molar-refractivity contribution in [2.24, 2.45) is 0 Å². The summed E-state index contributed by atoms with van der Waals surface area (Å²) >= 11 is 4.56. The molecule has 1 aromatic carbocycles. The monoisotopic (exact) mass is 326 g/mol. The number of hydrogen-bond donors (Lipinski definition) is 3. The number of benzene rings is 1. The second-order valence-electron chi connectivity index (χ2n) is 3.45. The second kappa shape index (κ2) is 5.36. The van der Waals surface area contributed by atoms with E-state index in [1.807, 2.05) is 18.2 Å². The lowest BCUT2D eigenvalue weighted by molar-refractivity contribution is 0.103. The Morgan fingerprint density at radius 1 is 1.50 bits per heavy atom. The molecular weight excluding hydrogens is 316 g/mol. The van der Waals surface area contributed by atoms with Crippen molar-refractivity contribution in [3.05, 3.63) is 33.6 Å². The van der Waals surface area contributed by atoms with Crippen LogP contribution in [0.1, 0.15) is 9.67 Å². The van der Waals surface area contributed by atoms with Gasteiger partial charge in [0.25, 0.3) is 5.91 Å². The zero-order valence-electron chi connectivity index (χ0n) is 9.53. The molecule has 2 rings (SSSR count). The molecule has 0 bridgehead atoms. The highest BCUT2D eigenvalue weighted by molar-refractivity contribution is 9.10. The molecule has 0 atom stereocenters. The van der Waals surface area contributed by atoms with Crippen LogP contribution in [0.5, 0.6) is 0 Å². The number of aromatic nitrogens is 1. The van der Waals surface area contributed by atoms with Gasteiger partial charge >= 0.3 is 0 Å². The summed E-state index contributed by atoms with van der Waals surface area (Å²) in [4.78, 5) is 16.4. The number of nitrogens with one attached hydrogen (secondary N) is 2. The second-order valence-corrected chi connectivity index (χ2v) is 5.36. The predicted molar refractivity (Wildman–Crippen MR) is 78.2 cm³/mol. The third-order valence-corrected chi connectivity index (χ3v) is 3.74. The van der Waals surface area contributed by atoms with Crippen LogP contribution in [-0.4, -0.2) is 17.9 Å². The van der Waals surface area contributed by atoms with Gasteiger partial charge in [-0.3, -0.25) is 4.79 Å². The molecule has 1 aromatic heterocycles. The maximum atomic E-state index is 12.0. The van der Waals surface area contributed by atoms with Gasteiger partial charge in [0.05, 0.1) is 0 Å². The summed E-state index contributed by atoms with van der Waals surface area (Å²) < 4.78 is 0.897. The average molecular weight is 327 g/mol. The van der Waals surface area contributed by atoms with Crippen LogP contribution in [0.15, 0.2) is 28.7 Å². The van der Waals surface area contributed by atoms with Crippen LogP contribution in [0, 0.1) is 0 Å². The molecule has 0 aliphatic carbocycles. The molecule has 0 aliphatic rings. The van der Waals surface area contributed by atoms with Crippen LogP contribution >= 0.6 is 27.3 Å². The van der Waals surface area contributed by atoms with Crippen molar-refractivity contribution in [2.75, 3.05) is 23.4 Å². The first kappa shape index (κ1) is 12.8. The Kier molecular flexibility index (Phi) is 3.83. The maximum Gasteiger partial charge on any atom is 0.269 e. The lowest BCUT2D eigenvalue weighted by atomic mass is 10.3. The average Bonchev–Trinajstić information content (AvgIpc) is 2.70. The van der Waals surface area contributed by atoms with Gasteiger partial charge in [-0.25, -0.2) is 4.98 Å². The highest BCUT2D eigenvalue weighted by Gasteiger charge is 2.15. The summed E-state index contributed by atoms with van der Waals surface area (Å²) in [5.74, 6) is -0.0264. The number of halogens is 1. The summed E-state index contributed by atoms with van der Waals surface area (Å²) in [5, 5.41) is 6.24. The van der Waals surface area contributed by atoms with E-state index in [9.17, 15) is 4.79 Å². The van der Waals surface area contributed by atoms with Gasteiger partial charge in [0.2, 0.25) is 0 Å². The van der Waals surface area contributed by atoms with E-state index in [1.165, 1.54) is 11.3 Å². The molecule has 2 aromatic rings. The van der Waals surface area contributed by atoms with E-state index in [0.29, 0.717) is 15.7 Å². The van der Waals surface area contributed by atoms with Crippen molar-refractivity contribution in [2.45, 2.75) is 0 Å². The summed E-state index contributed by atoms with van der Waals surface area (Å²) in [6.45, 7) is 0. The van der Waals surface area contributed by atoms with Crippen molar-refractivity contribution >= 4 is 49.8 Å². The summed E-state index contributed by atoms with van der Waals surface area (Å²) in [7, 11) is 1.73. The van der Waals surface area contributed by atoms with E-state index in [-0.39, 0.29) is 11.7 Å². The van der Waals surface area contributed by atoms with Crippen LogP contribution in [0.25, 0.3) is 0 Å². The molecule has 0 aliphatic heterocycles. The lowest BCUT2D eigenvalue weighted by Crippen LogP contribution is -2.12. The van der Waals surface area contributed by atoms with Gasteiger partial charge in [-0.15, -0.1) is 0 Å². The number of carbonyl (C=O) groups is 1. The Balaban J connectivity index is 2.19. The van der Waals surface area contributed by atoms with E-state index in [2.05, 4.69) is 31.5 Å². The Morgan fingerprint density at radius 2 is 2.28 bits per heavy atom. The Labute approximate surface area is 117 Å². The molecule has 94 valence electrons. The van der Waals surface area contributed by atoms with Crippen molar-refractivity contribution in [3.63, 3.8) is 0 Å². The zero-order chi connectivity index (χ0) is 13.1. The number of nitrogens with zero attached hydrogens (tertiary/aromatic N) is 1. The van der Waals surface area contributed by atoms with Crippen molar-refractivity contribution in [1.82, 2.24) is 4.98 Å². The third kappa shape index (κ3) is 2.80. The molecular formula is C11H11BrN4OS. The molecule has 7 heteroatoms. The molecule has 4 N–H and O–H groups in total. The van der Waals surface area contributed by atoms with Gasteiger partial charge < -0.3 is 16.4 Å². The smallest absolute Gasteiger partial charge is 0.269 e.